The Morgan fingerprint density at radius 3 is 3.05 bits per heavy atom. The molecule has 1 amide bonds. The van der Waals surface area contributed by atoms with Crippen LogP contribution < -0.4 is 4.74 Å². The lowest BCUT2D eigenvalue weighted by Gasteiger charge is -2.30. The number of amides is 1. The van der Waals surface area contributed by atoms with Crippen molar-refractivity contribution in [2.45, 2.75) is 19.8 Å². The molecule has 0 bridgehead atoms. The Kier molecular flexibility index (Phi) is 4.86. The van der Waals surface area contributed by atoms with Crippen LogP contribution >= 0.6 is 11.6 Å². The molecule has 1 aromatic carbocycles. The summed E-state index contributed by atoms with van der Waals surface area (Å²) in [6, 6.07) is 6.77. The summed E-state index contributed by atoms with van der Waals surface area (Å²) in [5, 5.41) is 9.11. The molecule has 2 rings (SSSR count). The number of nitriles is 1. The van der Waals surface area contributed by atoms with Gasteiger partial charge >= 0.3 is 0 Å². The van der Waals surface area contributed by atoms with Crippen molar-refractivity contribution in [3.63, 3.8) is 0 Å². The number of hydrogen-bond donors (Lipinski definition) is 0. The summed E-state index contributed by atoms with van der Waals surface area (Å²) in [5.41, 5.74) is 0.471. The van der Waals surface area contributed by atoms with E-state index in [-0.39, 0.29) is 12.5 Å². The summed E-state index contributed by atoms with van der Waals surface area (Å²) in [6.45, 7) is 3.73. The lowest BCUT2D eigenvalue weighted by atomic mass is 10.0. The number of benzene rings is 1. The molecule has 0 radical (unpaired) electrons. The normalized spacial score (nSPS) is 18.4. The zero-order valence-electron chi connectivity index (χ0n) is 11.4. The van der Waals surface area contributed by atoms with E-state index in [1.165, 1.54) is 12.5 Å². The lowest BCUT2D eigenvalue weighted by Crippen LogP contribution is -2.41. The van der Waals surface area contributed by atoms with Crippen LogP contribution in [0.3, 0.4) is 0 Å². The second-order valence-corrected chi connectivity index (χ2v) is 5.54. The molecule has 1 aromatic rings. The molecule has 1 saturated heterocycles. The minimum Gasteiger partial charge on any atom is -0.482 e. The maximum atomic E-state index is 12.1. The van der Waals surface area contributed by atoms with E-state index in [0.29, 0.717) is 22.3 Å². The SMILES string of the molecule is CC1CCCN(C(=O)COc2ccc(C#N)cc2Cl)C1. The number of piperidine rings is 1. The Morgan fingerprint density at radius 1 is 1.60 bits per heavy atom. The predicted octanol–water partition coefficient (Wildman–Crippen LogP) is 2.85. The third-order valence-electron chi connectivity index (χ3n) is 3.42. The molecular formula is C15H17ClN2O2. The first-order valence-electron chi connectivity index (χ1n) is 6.70. The monoisotopic (exact) mass is 292 g/mol. The minimum atomic E-state index is -0.0167. The molecule has 5 heteroatoms. The molecule has 0 spiro atoms. The van der Waals surface area contributed by atoms with E-state index in [1.807, 2.05) is 11.0 Å². The number of halogens is 1. The molecule has 0 aromatic heterocycles. The fourth-order valence-electron chi connectivity index (χ4n) is 2.33. The van der Waals surface area contributed by atoms with Gasteiger partial charge < -0.3 is 9.64 Å². The van der Waals surface area contributed by atoms with Crippen molar-refractivity contribution in [1.82, 2.24) is 4.90 Å². The number of carbonyl (C=O) groups is 1. The highest BCUT2D eigenvalue weighted by atomic mass is 35.5. The number of carbonyl (C=O) groups excluding carboxylic acids is 1. The van der Waals surface area contributed by atoms with Gasteiger partial charge in [-0.15, -0.1) is 0 Å². The number of likely N-dealkylation sites (tertiary alicyclic amines) is 1. The summed E-state index contributed by atoms with van der Waals surface area (Å²) in [6.07, 6.45) is 2.22. The maximum Gasteiger partial charge on any atom is 0.260 e. The Bertz CT molecular complexity index is 539. The fourth-order valence-corrected chi connectivity index (χ4v) is 2.57. The van der Waals surface area contributed by atoms with Crippen molar-refractivity contribution in [2.75, 3.05) is 19.7 Å². The molecule has 20 heavy (non-hydrogen) atoms. The smallest absolute Gasteiger partial charge is 0.260 e. The van der Waals surface area contributed by atoms with Crippen molar-refractivity contribution in [2.24, 2.45) is 5.92 Å². The predicted molar refractivity (Wildman–Crippen MR) is 76.6 cm³/mol. The van der Waals surface area contributed by atoms with Crippen LogP contribution in [0.2, 0.25) is 5.02 Å². The molecule has 0 aliphatic carbocycles. The fraction of sp³-hybridized carbons (Fsp3) is 0.467. The van der Waals surface area contributed by atoms with Crippen molar-refractivity contribution in [1.29, 1.82) is 5.26 Å². The van der Waals surface area contributed by atoms with Gasteiger partial charge in [0.1, 0.15) is 5.75 Å². The van der Waals surface area contributed by atoms with Crippen molar-refractivity contribution in [3.05, 3.63) is 28.8 Å². The van der Waals surface area contributed by atoms with Crippen LogP contribution in [0.5, 0.6) is 5.75 Å². The van der Waals surface area contributed by atoms with Gasteiger partial charge in [-0.05, 0) is 37.0 Å². The van der Waals surface area contributed by atoms with Crippen LogP contribution in [0, 0.1) is 17.2 Å². The summed E-state index contributed by atoms with van der Waals surface area (Å²) in [7, 11) is 0. The molecule has 1 atom stereocenters. The van der Waals surface area contributed by atoms with Gasteiger partial charge in [0.25, 0.3) is 5.91 Å². The number of nitrogens with zero attached hydrogens (tertiary/aromatic N) is 2. The van der Waals surface area contributed by atoms with Gasteiger partial charge in [-0.25, -0.2) is 0 Å². The molecule has 1 aliphatic heterocycles. The summed E-state index contributed by atoms with van der Waals surface area (Å²) < 4.78 is 5.45. The van der Waals surface area contributed by atoms with Gasteiger partial charge in [0.05, 0.1) is 16.7 Å². The second kappa shape index (κ2) is 6.62. The van der Waals surface area contributed by atoms with Gasteiger partial charge in [0.2, 0.25) is 0 Å². The average Bonchev–Trinajstić information content (AvgIpc) is 2.45. The van der Waals surface area contributed by atoms with E-state index in [1.54, 1.807) is 12.1 Å². The van der Waals surface area contributed by atoms with Crippen LogP contribution in [0.25, 0.3) is 0 Å². The van der Waals surface area contributed by atoms with Crippen molar-refractivity contribution in [3.8, 4) is 11.8 Å². The van der Waals surface area contributed by atoms with Crippen LogP contribution in [-0.2, 0) is 4.79 Å². The molecule has 4 nitrogen and oxygen atoms in total. The Labute approximate surface area is 123 Å². The summed E-state index contributed by atoms with van der Waals surface area (Å²) in [4.78, 5) is 13.9. The van der Waals surface area contributed by atoms with Crippen LogP contribution in [-0.4, -0.2) is 30.5 Å². The first kappa shape index (κ1) is 14.7. The van der Waals surface area contributed by atoms with E-state index < -0.39 is 0 Å². The highest BCUT2D eigenvalue weighted by Crippen LogP contribution is 2.25. The third-order valence-corrected chi connectivity index (χ3v) is 3.72. The van der Waals surface area contributed by atoms with Crippen LogP contribution in [0.4, 0.5) is 0 Å². The highest BCUT2D eigenvalue weighted by Gasteiger charge is 2.21. The van der Waals surface area contributed by atoms with Crippen molar-refractivity contribution < 1.29 is 9.53 Å². The number of hydrogen-bond acceptors (Lipinski definition) is 3. The van der Waals surface area contributed by atoms with Gasteiger partial charge in [0.15, 0.2) is 6.61 Å². The van der Waals surface area contributed by atoms with Crippen LogP contribution in [0.1, 0.15) is 25.3 Å². The highest BCUT2D eigenvalue weighted by molar-refractivity contribution is 6.32. The topological polar surface area (TPSA) is 53.3 Å². The van der Waals surface area contributed by atoms with E-state index in [9.17, 15) is 4.79 Å². The Hall–Kier alpha value is -1.73. The Morgan fingerprint density at radius 2 is 2.40 bits per heavy atom. The van der Waals surface area contributed by atoms with E-state index in [4.69, 9.17) is 21.6 Å². The van der Waals surface area contributed by atoms with E-state index in [0.717, 1.165) is 19.5 Å². The first-order valence-corrected chi connectivity index (χ1v) is 7.08. The molecule has 0 saturated carbocycles. The molecule has 106 valence electrons. The average molecular weight is 293 g/mol. The molecule has 1 unspecified atom stereocenters. The lowest BCUT2D eigenvalue weighted by molar-refractivity contribution is -0.135. The molecule has 0 N–H and O–H groups in total. The van der Waals surface area contributed by atoms with Crippen LogP contribution in [0.15, 0.2) is 18.2 Å². The minimum absolute atomic E-state index is 0.0155. The first-order chi connectivity index (χ1) is 9.60. The number of ether oxygens (including phenoxy) is 1. The zero-order chi connectivity index (χ0) is 14.5. The second-order valence-electron chi connectivity index (χ2n) is 5.13. The maximum absolute atomic E-state index is 12.1. The zero-order valence-corrected chi connectivity index (χ0v) is 12.2. The summed E-state index contributed by atoms with van der Waals surface area (Å²) in [5.74, 6) is 0.965. The molecule has 1 fully saturated rings. The molecular weight excluding hydrogens is 276 g/mol. The van der Waals surface area contributed by atoms with Gasteiger partial charge in [0, 0.05) is 13.1 Å². The summed E-state index contributed by atoms with van der Waals surface area (Å²) >= 11 is 6.00. The largest absolute Gasteiger partial charge is 0.482 e. The van der Waals surface area contributed by atoms with Gasteiger partial charge in [-0.1, -0.05) is 18.5 Å². The quantitative estimate of drug-likeness (QED) is 0.861. The third kappa shape index (κ3) is 3.64. The van der Waals surface area contributed by atoms with Gasteiger partial charge in [-0.3, -0.25) is 4.79 Å². The van der Waals surface area contributed by atoms with Gasteiger partial charge in [-0.2, -0.15) is 5.26 Å². The Balaban J connectivity index is 1.92. The van der Waals surface area contributed by atoms with E-state index >= 15 is 0 Å². The molecule has 1 heterocycles. The standard InChI is InChI=1S/C15H17ClN2O2/c1-11-3-2-6-18(9-11)15(19)10-20-14-5-4-12(8-17)7-13(14)16/h4-5,7,11H,2-3,6,9-10H2,1H3. The molecule has 1 aliphatic rings. The number of rotatable bonds is 3. The van der Waals surface area contributed by atoms with E-state index in [2.05, 4.69) is 6.92 Å². The van der Waals surface area contributed by atoms with Crippen molar-refractivity contribution >= 4 is 17.5 Å².